The molecule has 3 nitrogen and oxygen atoms in total. The summed E-state index contributed by atoms with van der Waals surface area (Å²) in [5.41, 5.74) is 6.05. The van der Waals surface area contributed by atoms with E-state index in [9.17, 15) is 4.79 Å². The van der Waals surface area contributed by atoms with Crippen LogP contribution in [-0.4, -0.2) is 37.0 Å². The second kappa shape index (κ2) is 10.4. The van der Waals surface area contributed by atoms with Gasteiger partial charge in [-0.25, -0.2) is 0 Å². The summed E-state index contributed by atoms with van der Waals surface area (Å²) in [5, 5.41) is 3.07. The number of aryl methyl sites for hydroxylation is 1. The fourth-order valence-corrected chi connectivity index (χ4v) is 4.47. The molecule has 160 valence electrons. The Kier molecular flexibility index (Phi) is 7.16. The summed E-state index contributed by atoms with van der Waals surface area (Å²) in [6.45, 7) is 1.80. The van der Waals surface area contributed by atoms with Crippen LogP contribution >= 0.6 is 0 Å². The lowest BCUT2D eigenvalue weighted by atomic mass is 9.87. The second-order valence-electron chi connectivity index (χ2n) is 8.55. The molecule has 0 aliphatic heterocycles. The third-order valence-electron chi connectivity index (χ3n) is 6.42. The van der Waals surface area contributed by atoms with E-state index in [0.29, 0.717) is 6.04 Å². The Hall–Kier alpha value is -2.91. The first-order chi connectivity index (χ1) is 15.2. The van der Waals surface area contributed by atoms with Crippen LogP contribution < -0.4 is 5.32 Å². The SMILES string of the molecule is CN(CCCCNC(=O)c1ccc(-c2ccccc2)cc1)[C@@H]1CCc2ccccc2C1. The van der Waals surface area contributed by atoms with E-state index in [0.717, 1.165) is 43.5 Å². The number of likely N-dealkylation sites (N-methyl/N-ethyl adjacent to an activating group) is 1. The smallest absolute Gasteiger partial charge is 0.251 e. The first kappa shape index (κ1) is 21.3. The van der Waals surface area contributed by atoms with Crippen molar-refractivity contribution in [3.63, 3.8) is 0 Å². The highest BCUT2D eigenvalue weighted by molar-refractivity contribution is 5.94. The number of benzene rings is 3. The number of carbonyl (C=O) groups excluding carboxylic acids is 1. The van der Waals surface area contributed by atoms with Gasteiger partial charge in [0.15, 0.2) is 0 Å². The van der Waals surface area contributed by atoms with Crippen molar-refractivity contribution in [2.45, 2.75) is 38.1 Å². The molecule has 3 heteroatoms. The maximum absolute atomic E-state index is 12.4. The monoisotopic (exact) mass is 412 g/mol. The van der Waals surface area contributed by atoms with Crippen molar-refractivity contribution in [3.8, 4) is 11.1 Å². The van der Waals surface area contributed by atoms with Gasteiger partial charge in [-0.2, -0.15) is 0 Å². The minimum absolute atomic E-state index is 0.0110. The van der Waals surface area contributed by atoms with E-state index in [2.05, 4.69) is 53.7 Å². The quantitative estimate of drug-likeness (QED) is 0.506. The molecule has 31 heavy (non-hydrogen) atoms. The number of amides is 1. The Bertz CT molecular complexity index is 981. The highest BCUT2D eigenvalue weighted by atomic mass is 16.1. The molecule has 0 bridgehead atoms. The van der Waals surface area contributed by atoms with Gasteiger partial charge in [0, 0.05) is 18.2 Å². The largest absolute Gasteiger partial charge is 0.352 e. The molecule has 3 aromatic rings. The third-order valence-corrected chi connectivity index (χ3v) is 6.42. The number of rotatable bonds is 8. The maximum Gasteiger partial charge on any atom is 0.251 e. The van der Waals surface area contributed by atoms with Gasteiger partial charge < -0.3 is 10.2 Å². The summed E-state index contributed by atoms with van der Waals surface area (Å²) >= 11 is 0. The highest BCUT2D eigenvalue weighted by Gasteiger charge is 2.21. The normalized spacial score (nSPS) is 15.5. The van der Waals surface area contributed by atoms with Crippen molar-refractivity contribution >= 4 is 5.91 Å². The topological polar surface area (TPSA) is 32.3 Å². The summed E-state index contributed by atoms with van der Waals surface area (Å²) in [6.07, 6.45) is 5.68. The predicted octanol–water partition coefficient (Wildman–Crippen LogP) is 5.35. The van der Waals surface area contributed by atoms with Crippen molar-refractivity contribution in [2.24, 2.45) is 0 Å². The van der Waals surface area contributed by atoms with E-state index in [1.54, 1.807) is 0 Å². The molecule has 0 heterocycles. The van der Waals surface area contributed by atoms with Crippen LogP contribution in [0, 0.1) is 0 Å². The van der Waals surface area contributed by atoms with Gasteiger partial charge in [0.25, 0.3) is 5.91 Å². The summed E-state index contributed by atoms with van der Waals surface area (Å²) in [4.78, 5) is 14.9. The molecule has 0 aromatic heterocycles. The fraction of sp³-hybridized carbons (Fsp3) is 0.321. The molecule has 1 N–H and O–H groups in total. The molecule has 0 unspecified atom stereocenters. The van der Waals surface area contributed by atoms with Crippen LogP contribution in [0.3, 0.4) is 0 Å². The van der Waals surface area contributed by atoms with E-state index >= 15 is 0 Å². The standard InChI is InChI=1S/C28H32N2O/c1-30(27-18-17-23-11-5-6-12-26(23)21-27)20-8-7-19-29-28(31)25-15-13-24(14-16-25)22-9-3-2-4-10-22/h2-6,9-16,27H,7-8,17-21H2,1H3,(H,29,31)/t27-/m1/s1. The van der Waals surface area contributed by atoms with E-state index < -0.39 is 0 Å². The molecule has 0 saturated heterocycles. The molecule has 4 rings (SSSR count). The van der Waals surface area contributed by atoms with Crippen molar-refractivity contribution in [2.75, 3.05) is 20.1 Å². The summed E-state index contributed by atoms with van der Waals surface area (Å²) in [6, 6.07) is 27.6. The average molecular weight is 413 g/mol. The highest BCUT2D eigenvalue weighted by Crippen LogP contribution is 2.24. The molecule has 1 aliphatic rings. The van der Waals surface area contributed by atoms with Crippen molar-refractivity contribution in [1.82, 2.24) is 10.2 Å². The zero-order chi connectivity index (χ0) is 21.5. The van der Waals surface area contributed by atoms with E-state index in [4.69, 9.17) is 0 Å². The Morgan fingerprint density at radius 1 is 0.871 bits per heavy atom. The summed E-state index contributed by atoms with van der Waals surface area (Å²) in [7, 11) is 2.24. The molecule has 3 aromatic carbocycles. The lowest BCUT2D eigenvalue weighted by Crippen LogP contribution is -2.37. The van der Waals surface area contributed by atoms with Gasteiger partial charge in [0.05, 0.1) is 0 Å². The second-order valence-corrected chi connectivity index (χ2v) is 8.55. The molecule has 1 amide bonds. The first-order valence-electron chi connectivity index (χ1n) is 11.4. The fourth-order valence-electron chi connectivity index (χ4n) is 4.47. The molecular weight excluding hydrogens is 380 g/mol. The van der Waals surface area contributed by atoms with Crippen molar-refractivity contribution < 1.29 is 4.79 Å². The molecule has 0 radical (unpaired) electrons. The van der Waals surface area contributed by atoms with E-state index in [1.165, 1.54) is 29.5 Å². The van der Waals surface area contributed by atoms with Gasteiger partial charge >= 0.3 is 0 Å². The lowest BCUT2D eigenvalue weighted by Gasteiger charge is -2.32. The van der Waals surface area contributed by atoms with E-state index in [-0.39, 0.29) is 5.91 Å². The number of hydrogen-bond acceptors (Lipinski definition) is 2. The van der Waals surface area contributed by atoms with Gasteiger partial charge in [-0.15, -0.1) is 0 Å². The van der Waals surface area contributed by atoms with Gasteiger partial charge in [0.1, 0.15) is 0 Å². The van der Waals surface area contributed by atoms with Gasteiger partial charge in [-0.05, 0) is 80.1 Å². The Labute approximate surface area is 186 Å². The van der Waals surface area contributed by atoms with Crippen LogP contribution in [0.5, 0.6) is 0 Å². The molecule has 0 fully saturated rings. The van der Waals surface area contributed by atoms with Crippen LogP contribution in [0.2, 0.25) is 0 Å². The number of fused-ring (bicyclic) bond motifs is 1. The number of hydrogen-bond donors (Lipinski definition) is 1. The molecule has 0 spiro atoms. The zero-order valence-electron chi connectivity index (χ0n) is 18.4. The van der Waals surface area contributed by atoms with Gasteiger partial charge in [0.2, 0.25) is 0 Å². The van der Waals surface area contributed by atoms with Crippen LogP contribution in [0.25, 0.3) is 11.1 Å². The Morgan fingerprint density at radius 3 is 2.32 bits per heavy atom. The van der Waals surface area contributed by atoms with Gasteiger partial charge in [-0.3, -0.25) is 4.79 Å². The minimum atomic E-state index is 0.0110. The van der Waals surface area contributed by atoms with Gasteiger partial charge in [-0.1, -0.05) is 66.7 Å². The average Bonchev–Trinajstić information content (AvgIpc) is 2.84. The third kappa shape index (κ3) is 5.62. The zero-order valence-corrected chi connectivity index (χ0v) is 18.4. The number of nitrogens with one attached hydrogen (secondary N) is 1. The van der Waals surface area contributed by atoms with Crippen LogP contribution in [0.1, 0.15) is 40.7 Å². The molecule has 0 saturated carbocycles. The van der Waals surface area contributed by atoms with Crippen LogP contribution in [0.4, 0.5) is 0 Å². The Balaban J connectivity index is 1.17. The number of unbranched alkanes of at least 4 members (excludes halogenated alkanes) is 1. The number of nitrogens with zero attached hydrogens (tertiary/aromatic N) is 1. The molecular formula is C28H32N2O. The molecule has 1 aliphatic carbocycles. The predicted molar refractivity (Wildman–Crippen MR) is 128 cm³/mol. The summed E-state index contributed by atoms with van der Waals surface area (Å²) < 4.78 is 0. The minimum Gasteiger partial charge on any atom is -0.352 e. The maximum atomic E-state index is 12.4. The Morgan fingerprint density at radius 2 is 1.55 bits per heavy atom. The van der Waals surface area contributed by atoms with E-state index in [1.807, 2.05) is 42.5 Å². The summed E-state index contributed by atoms with van der Waals surface area (Å²) in [5.74, 6) is 0.0110. The van der Waals surface area contributed by atoms with Crippen molar-refractivity contribution in [1.29, 1.82) is 0 Å². The van der Waals surface area contributed by atoms with Crippen LogP contribution in [0.15, 0.2) is 78.9 Å². The number of carbonyl (C=O) groups is 1. The molecule has 1 atom stereocenters. The van der Waals surface area contributed by atoms with Crippen LogP contribution in [-0.2, 0) is 12.8 Å². The van der Waals surface area contributed by atoms with Crippen molar-refractivity contribution in [3.05, 3.63) is 95.6 Å². The lowest BCUT2D eigenvalue weighted by molar-refractivity contribution is 0.0952. The first-order valence-corrected chi connectivity index (χ1v) is 11.4.